The van der Waals surface area contributed by atoms with Crippen LogP contribution in [-0.4, -0.2) is 18.4 Å². The molecule has 0 aliphatic carbocycles. The largest absolute Gasteiger partial charge is 0.465 e. The molecule has 1 aliphatic heterocycles. The normalized spacial score (nSPS) is 13.2. The fraction of sp³-hybridized carbons (Fsp3) is 0.160. The highest BCUT2D eigenvalue weighted by molar-refractivity contribution is 6.10. The molecule has 3 aromatic carbocycles. The Labute approximate surface area is 174 Å². The summed E-state index contributed by atoms with van der Waals surface area (Å²) >= 11 is 0. The van der Waals surface area contributed by atoms with Crippen LogP contribution in [0.1, 0.15) is 39.9 Å². The number of rotatable bonds is 5. The standard InChI is InChI=1S/C25H19NO4/c1-2-29-25(28)23(24(27)17-13-11-16(15-26)12-14-17)22-18-7-3-5-9-20(18)30-21-10-6-4-8-19(21)22/h3-14,22-23H,2H2,1H3. The molecule has 1 heterocycles. The molecule has 148 valence electrons. The first-order valence-electron chi connectivity index (χ1n) is 9.70. The van der Waals surface area contributed by atoms with Gasteiger partial charge in [-0.05, 0) is 31.2 Å². The van der Waals surface area contributed by atoms with Gasteiger partial charge in [-0.25, -0.2) is 0 Å². The molecule has 0 saturated carbocycles. The lowest BCUT2D eigenvalue weighted by atomic mass is 9.75. The zero-order valence-corrected chi connectivity index (χ0v) is 16.4. The summed E-state index contributed by atoms with van der Waals surface area (Å²) in [6.45, 7) is 1.88. The molecule has 0 spiro atoms. The Morgan fingerprint density at radius 3 is 2.07 bits per heavy atom. The molecule has 0 aromatic heterocycles. The molecule has 1 aliphatic rings. The van der Waals surface area contributed by atoms with E-state index >= 15 is 0 Å². The lowest BCUT2D eigenvalue weighted by Crippen LogP contribution is -2.34. The second-order valence-corrected chi connectivity index (χ2v) is 6.94. The van der Waals surface area contributed by atoms with Crippen molar-refractivity contribution in [1.29, 1.82) is 5.26 Å². The van der Waals surface area contributed by atoms with Gasteiger partial charge in [0.25, 0.3) is 0 Å². The number of nitrogens with zero attached hydrogens (tertiary/aromatic N) is 1. The number of benzene rings is 3. The maximum Gasteiger partial charge on any atom is 0.317 e. The third kappa shape index (κ3) is 3.44. The first kappa shape index (κ1) is 19.4. The quantitative estimate of drug-likeness (QED) is 0.349. The number of hydrogen-bond acceptors (Lipinski definition) is 5. The molecule has 30 heavy (non-hydrogen) atoms. The molecule has 1 atom stereocenters. The minimum atomic E-state index is -1.08. The number of para-hydroxylation sites is 2. The van der Waals surface area contributed by atoms with Crippen molar-refractivity contribution in [3.05, 3.63) is 95.1 Å². The molecule has 0 fully saturated rings. The number of fused-ring (bicyclic) bond motifs is 2. The monoisotopic (exact) mass is 397 g/mol. The number of ether oxygens (including phenoxy) is 2. The molecule has 0 bridgehead atoms. The van der Waals surface area contributed by atoms with E-state index < -0.39 is 17.8 Å². The first-order chi connectivity index (χ1) is 14.6. The molecule has 0 amide bonds. The molecule has 1 unspecified atom stereocenters. The van der Waals surface area contributed by atoms with Crippen molar-refractivity contribution < 1.29 is 19.1 Å². The van der Waals surface area contributed by atoms with E-state index in [-0.39, 0.29) is 12.4 Å². The summed E-state index contributed by atoms with van der Waals surface area (Å²) in [6, 6.07) is 23.1. The molecule has 4 rings (SSSR count). The van der Waals surface area contributed by atoms with Gasteiger partial charge in [0.05, 0.1) is 18.2 Å². The Morgan fingerprint density at radius 2 is 1.53 bits per heavy atom. The van der Waals surface area contributed by atoms with E-state index in [1.807, 2.05) is 54.6 Å². The minimum Gasteiger partial charge on any atom is -0.465 e. The Bertz CT molecular complexity index is 1100. The van der Waals surface area contributed by atoms with Gasteiger partial charge in [0.15, 0.2) is 5.78 Å². The highest BCUT2D eigenvalue weighted by Crippen LogP contribution is 2.48. The van der Waals surface area contributed by atoms with Crippen LogP contribution in [0.25, 0.3) is 0 Å². The maximum absolute atomic E-state index is 13.6. The van der Waals surface area contributed by atoms with E-state index in [4.69, 9.17) is 14.7 Å². The number of esters is 1. The van der Waals surface area contributed by atoms with Crippen molar-refractivity contribution in [2.75, 3.05) is 6.61 Å². The van der Waals surface area contributed by atoms with Crippen LogP contribution in [0, 0.1) is 17.2 Å². The van der Waals surface area contributed by atoms with Crippen molar-refractivity contribution in [3.63, 3.8) is 0 Å². The van der Waals surface area contributed by atoms with Crippen molar-refractivity contribution in [1.82, 2.24) is 0 Å². The zero-order chi connectivity index (χ0) is 21.1. The van der Waals surface area contributed by atoms with Crippen LogP contribution in [0.5, 0.6) is 11.5 Å². The fourth-order valence-electron chi connectivity index (χ4n) is 3.82. The maximum atomic E-state index is 13.6. The minimum absolute atomic E-state index is 0.169. The van der Waals surface area contributed by atoms with Crippen molar-refractivity contribution in [2.45, 2.75) is 12.8 Å². The second-order valence-electron chi connectivity index (χ2n) is 6.94. The predicted octanol–water partition coefficient (Wildman–Crippen LogP) is 4.86. The van der Waals surface area contributed by atoms with Gasteiger partial charge < -0.3 is 9.47 Å². The summed E-state index contributed by atoms with van der Waals surface area (Å²) in [5.41, 5.74) is 2.32. The van der Waals surface area contributed by atoms with Gasteiger partial charge >= 0.3 is 5.97 Å². The molecule has 0 radical (unpaired) electrons. The fourth-order valence-corrected chi connectivity index (χ4v) is 3.82. The summed E-state index contributed by atoms with van der Waals surface area (Å²) < 4.78 is 11.3. The highest BCUT2D eigenvalue weighted by Gasteiger charge is 2.42. The van der Waals surface area contributed by atoms with E-state index in [2.05, 4.69) is 0 Å². The summed E-state index contributed by atoms with van der Waals surface area (Å²) in [6.07, 6.45) is 0. The topological polar surface area (TPSA) is 76.4 Å². The van der Waals surface area contributed by atoms with Crippen molar-refractivity contribution in [2.24, 2.45) is 5.92 Å². The number of nitriles is 1. The van der Waals surface area contributed by atoms with E-state index in [1.54, 1.807) is 31.2 Å². The second kappa shape index (κ2) is 8.22. The summed E-state index contributed by atoms with van der Waals surface area (Å²) in [7, 11) is 0. The van der Waals surface area contributed by atoms with E-state index in [0.717, 1.165) is 11.1 Å². The van der Waals surface area contributed by atoms with Crippen LogP contribution in [-0.2, 0) is 9.53 Å². The van der Waals surface area contributed by atoms with Crippen molar-refractivity contribution in [3.8, 4) is 17.6 Å². The molecular formula is C25H19NO4. The summed E-state index contributed by atoms with van der Waals surface area (Å²) in [4.78, 5) is 26.6. The SMILES string of the molecule is CCOC(=O)C(C(=O)c1ccc(C#N)cc1)C1c2ccccc2Oc2ccccc21. The van der Waals surface area contributed by atoms with E-state index in [9.17, 15) is 9.59 Å². The van der Waals surface area contributed by atoms with E-state index in [0.29, 0.717) is 22.6 Å². The first-order valence-corrected chi connectivity index (χ1v) is 9.70. The number of hydrogen-bond donors (Lipinski definition) is 0. The number of carbonyl (C=O) groups excluding carboxylic acids is 2. The van der Waals surface area contributed by atoms with Gasteiger partial charge in [-0.2, -0.15) is 5.26 Å². The van der Waals surface area contributed by atoms with Crippen LogP contribution in [0.4, 0.5) is 0 Å². The van der Waals surface area contributed by atoms with E-state index in [1.165, 1.54) is 0 Å². The molecule has 0 N–H and O–H groups in total. The molecule has 5 nitrogen and oxygen atoms in total. The van der Waals surface area contributed by atoms with Gasteiger partial charge in [0.1, 0.15) is 17.4 Å². The number of carbonyl (C=O) groups is 2. The summed E-state index contributed by atoms with van der Waals surface area (Å²) in [5.74, 6) is -1.33. The van der Waals surface area contributed by atoms with Gasteiger partial charge in [-0.3, -0.25) is 9.59 Å². The lowest BCUT2D eigenvalue weighted by molar-refractivity contribution is -0.146. The van der Waals surface area contributed by atoms with Gasteiger partial charge in [0, 0.05) is 22.6 Å². The third-order valence-electron chi connectivity index (χ3n) is 5.18. The lowest BCUT2D eigenvalue weighted by Gasteiger charge is -2.32. The Kier molecular flexibility index (Phi) is 5.32. The van der Waals surface area contributed by atoms with Crippen LogP contribution >= 0.6 is 0 Å². The average molecular weight is 397 g/mol. The molecule has 3 aromatic rings. The van der Waals surface area contributed by atoms with Gasteiger partial charge in [-0.1, -0.05) is 48.5 Å². The van der Waals surface area contributed by atoms with Crippen LogP contribution in [0.2, 0.25) is 0 Å². The Balaban J connectivity index is 1.86. The highest BCUT2D eigenvalue weighted by atomic mass is 16.5. The Morgan fingerprint density at radius 1 is 0.967 bits per heavy atom. The van der Waals surface area contributed by atoms with Crippen LogP contribution in [0.15, 0.2) is 72.8 Å². The molecule has 0 saturated heterocycles. The number of ketones is 1. The summed E-state index contributed by atoms with van der Waals surface area (Å²) in [5, 5.41) is 9.03. The van der Waals surface area contributed by atoms with Gasteiger partial charge in [-0.15, -0.1) is 0 Å². The van der Waals surface area contributed by atoms with Crippen LogP contribution < -0.4 is 4.74 Å². The predicted molar refractivity (Wildman–Crippen MR) is 110 cm³/mol. The third-order valence-corrected chi connectivity index (χ3v) is 5.18. The smallest absolute Gasteiger partial charge is 0.317 e. The average Bonchev–Trinajstić information content (AvgIpc) is 2.79. The van der Waals surface area contributed by atoms with Crippen LogP contribution in [0.3, 0.4) is 0 Å². The molecular weight excluding hydrogens is 378 g/mol. The zero-order valence-electron chi connectivity index (χ0n) is 16.4. The number of Topliss-reactive ketones (excluding diaryl/α,β-unsaturated/α-hetero) is 1. The van der Waals surface area contributed by atoms with Crippen molar-refractivity contribution >= 4 is 11.8 Å². The Hall–Kier alpha value is -3.91. The molecule has 5 heteroatoms. The van der Waals surface area contributed by atoms with Gasteiger partial charge in [0.2, 0.25) is 0 Å².